The van der Waals surface area contributed by atoms with Gasteiger partial charge in [-0.2, -0.15) is 0 Å². The number of fused-ring (bicyclic) bond motifs is 1. The van der Waals surface area contributed by atoms with Crippen molar-refractivity contribution >= 4 is 20.9 Å². The fraction of sp³-hybridized carbons (Fsp3) is 0.227. The van der Waals surface area contributed by atoms with Crippen molar-refractivity contribution in [1.82, 2.24) is 15.0 Å². The predicted octanol–water partition coefficient (Wildman–Crippen LogP) is 3.67. The Labute approximate surface area is 174 Å². The molecule has 0 aliphatic rings. The lowest BCUT2D eigenvalue weighted by Crippen LogP contribution is -2.22. The number of benzene rings is 1. The molecule has 0 fully saturated rings. The summed E-state index contributed by atoms with van der Waals surface area (Å²) in [5, 5.41) is 10.1. The van der Waals surface area contributed by atoms with Gasteiger partial charge in [-0.1, -0.05) is 0 Å². The Kier molecular flexibility index (Phi) is 4.91. The molecular formula is C22H21N3O4S. The third kappa shape index (κ3) is 4.24. The highest BCUT2D eigenvalue weighted by atomic mass is 32.2. The van der Waals surface area contributed by atoms with Crippen LogP contribution in [0, 0.1) is 0 Å². The van der Waals surface area contributed by atoms with Crippen molar-refractivity contribution in [3.05, 3.63) is 60.7 Å². The molecule has 0 amide bonds. The van der Waals surface area contributed by atoms with Crippen LogP contribution in [-0.2, 0) is 16.3 Å². The second-order valence-electron chi connectivity index (χ2n) is 7.87. The maximum atomic E-state index is 11.7. The summed E-state index contributed by atoms with van der Waals surface area (Å²) < 4.78 is 29.4. The lowest BCUT2D eigenvalue weighted by atomic mass is 10.0. The summed E-state index contributed by atoms with van der Waals surface area (Å²) >= 11 is 0. The molecule has 0 atom stereocenters. The summed E-state index contributed by atoms with van der Waals surface area (Å²) in [6, 6.07) is 12.0. The molecule has 8 heteroatoms. The monoisotopic (exact) mass is 423 g/mol. The highest BCUT2D eigenvalue weighted by Crippen LogP contribution is 2.33. The summed E-state index contributed by atoms with van der Waals surface area (Å²) in [6.07, 6.45) is 4.73. The zero-order valence-corrected chi connectivity index (χ0v) is 17.6. The van der Waals surface area contributed by atoms with Crippen LogP contribution >= 0.6 is 0 Å². The van der Waals surface area contributed by atoms with Crippen LogP contribution in [0.2, 0.25) is 0 Å². The average Bonchev–Trinajstić information content (AvgIpc) is 3.10. The van der Waals surface area contributed by atoms with Crippen LogP contribution in [0.3, 0.4) is 0 Å². The SMILES string of the molecule is CC(C)(O)Cc1cc(-c2ncnc3cc(-c4ccc(S(C)(=O)=O)cc4)oc23)ccn1. The van der Waals surface area contributed by atoms with Gasteiger partial charge in [0.05, 0.1) is 10.5 Å². The maximum Gasteiger partial charge on any atom is 0.179 e. The van der Waals surface area contributed by atoms with Crippen LogP contribution in [0.1, 0.15) is 19.5 Å². The highest BCUT2D eigenvalue weighted by Gasteiger charge is 2.18. The first-order valence-electron chi connectivity index (χ1n) is 9.33. The molecule has 154 valence electrons. The van der Waals surface area contributed by atoms with Gasteiger partial charge in [0.2, 0.25) is 0 Å². The Morgan fingerprint density at radius 2 is 1.73 bits per heavy atom. The third-order valence-electron chi connectivity index (χ3n) is 4.58. The highest BCUT2D eigenvalue weighted by molar-refractivity contribution is 7.90. The largest absolute Gasteiger partial charge is 0.452 e. The minimum atomic E-state index is -3.26. The molecule has 0 aliphatic carbocycles. The molecule has 0 unspecified atom stereocenters. The molecule has 0 bridgehead atoms. The third-order valence-corrected chi connectivity index (χ3v) is 5.71. The van der Waals surface area contributed by atoms with E-state index in [-0.39, 0.29) is 4.90 Å². The number of sulfone groups is 1. The summed E-state index contributed by atoms with van der Waals surface area (Å²) in [7, 11) is -3.26. The Morgan fingerprint density at radius 1 is 1.00 bits per heavy atom. The Balaban J connectivity index is 1.76. The van der Waals surface area contributed by atoms with Crippen LogP contribution < -0.4 is 0 Å². The molecule has 0 saturated carbocycles. The molecule has 0 aliphatic heterocycles. The van der Waals surface area contributed by atoms with Crippen LogP contribution in [0.25, 0.3) is 33.7 Å². The number of hydrogen-bond donors (Lipinski definition) is 1. The number of furan rings is 1. The standard InChI is InChI=1S/C22H21N3O4S/c1-22(2,26)12-16-10-15(8-9-23-16)20-21-18(24-13-25-20)11-19(29-21)14-4-6-17(7-5-14)30(3,27)28/h4-11,13,26H,12H2,1-3H3. The van der Waals surface area contributed by atoms with E-state index in [1.807, 2.05) is 12.1 Å². The van der Waals surface area contributed by atoms with Crippen molar-refractivity contribution in [1.29, 1.82) is 0 Å². The molecule has 1 aromatic carbocycles. The molecular weight excluding hydrogens is 402 g/mol. The van der Waals surface area contributed by atoms with E-state index >= 15 is 0 Å². The van der Waals surface area contributed by atoms with Gasteiger partial charge in [0.25, 0.3) is 0 Å². The van der Waals surface area contributed by atoms with Crippen molar-refractivity contribution in [2.45, 2.75) is 30.8 Å². The van der Waals surface area contributed by atoms with Gasteiger partial charge in [-0.25, -0.2) is 18.4 Å². The molecule has 4 rings (SSSR count). The summed E-state index contributed by atoms with van der Waals surface area (Å²) in [5.41, 5.74) is 3.22. The van der Waals surface area contributed by atoms with Crippen molar-refractivity contribution in [3.63, 3.8) is 0 Å². The van der Waals surface area contributed by atoms with Gasteiger partial charge in [0.15, 0.2) is 15.4 Å². The zero-order chi connectivity index (χ0) is 21.5. The second kappa shape index (κ2) is 7.30. The quantitative estimate of drug-likeness (QED) is 0.522. The van der Waals surface area contributed by atoms with E-state index in [4.69, 9.17) is 4.42 Å². The smallest absolute Gasteiger partial charge is 0.179 e. The van der Waals surface area contributed by atoms with E-state index in [2.05, 4.69) is 15.0 Å². The Morgan fingerprint density at radius 3 is 2.40 bits per heavy atom. The van der Waals surface area contributed by atoms with Crippen LogP contribution in [0.5, 0.6) is 0 Å². The predicted molar refractivity (Wildman–Crippen MR) is 114 cm³/mol. The van der Waals surface area contributed by atoms with Crippen molar-refractivity contribution in [3.8, 4) is 22.6 Å². The minimum absolute atomic E-state index is 0.249. The number of aliphatic hydroxyl groups is 1. The molecule has 7 nitrogen and oxygen atoms in total. The van der Waals surface area contributed by atoms with E-state index in [1.54, 1.807) is 50.4 Å². The van der Waals surface area contributed by atoms with E-state index in [0.29, 0.717) is 29.0 Å². The van der Waals surface area contributed by atoms with Gasteiger partial charge in [-0.05, 0) is 50.2 Å². The number of hydrogen-bond acceptors (Lipinski definition) is 7. The van der Waals surface area contributed by atoms with E-state index in [1.165, 1.54) is 12.6 Å². The average molecular weight is 423 g/mol. The first-order chi connectivity index (χ1) is 14.1. The van der Waals surface area contributed by atoms with Gasteiger partial charge >= 0.3 is 0 Å². The van der Waals surface area contributed by atoms with Gasteiger partial charge in [-0.3, -0.25) is 4.98 Å². The molecule has 0 radical (unpaired) electrons. The summed E-state index contributed by atoms with van der Waals surface area (Å²) in [4.78, 5) is 13.3. The zero-order valence-electron chi connectivity index (χ0n) is 16.8. The molecule has 1 N–H and O–H groups in total. The second-order valence-corrected chi connectivity index (χ2v) is 9.88. The topological polar surface area (TPSA) is 106 Å². The van der Waals surface area contributed by atoms with Crippen LogP contribution in [0.15, 0.2) is 64.3 Å². The fourth-order valence-corrected chi connectivity index (χ4v) is 3.86. The molecule has 30 heavy (non-hydrogen) atoms. The Hall–Kier alpha value is -3.10. The molecule has 3 heterocycles. The lowest BCUT2D eigenvalue weighted by Gasteiger charge is -2.16. The first kappa shape index (κ1) is 20.2. The van der Waals surface area contributed by atoms with Gasteiger partial charge < -0.3 is 9.52 Å². The van der Waals surface area contributed by atoms with Crippen LogP contribution in [-0.4, -0.2) is 40.3 Å². The lowest BCUT2D eigenvalue weighted by molar-refractivity contribution is 0.0800. The van der Waals surface area contributed by atoms with Crippen molar-refractivity contribution in [2.24, 2.45) is 0 Å². The van der Waals surface area contributed by atoms with E-state index in [0.717, 1.165) is 16.8 Å². The normalized spacial score (nSPS) is 12.4. The van der Waals surface area contributed by atoms with Crippen LogP contribution in [0.4, 0.5) is 0 Å². The van der Waals surface area contributed by atoms with E-state index in [9.17, 15) is 13.5 Å². The first-order valence-corrected chi connectivity index (χ1v) is 11.2. The molecule has 0 saturated heterocycles. The molecule has 0 spiro atoms. The summed E-state index contributed by atoms with van der Waals surface area (Å²) in [6.45, 7) is 3.47. The number of nitrogens with zero attached hydrogens (tertiary/aromatic N) is 3. The Bertz CT molecular complexity index is 1320. The van der Waals surface area contributed by atoms with E-state index < -0.39 is 15.4 Å². The minimum Gasteiger partial charge on any atom is -0.452 e. The van der Waals surface area contributed by atoms with Gasteiger partial charge in [0, 0.05) is 41.8 Å². The van der Waals surface area contributed by atoms with Gasteiger partial charge in [0.1, 0.15) is 23.3 Å². The molecule has 4 aromatic rings. The van der Waals surface area contributed by atoms with Crippen molar-refractivity contribution in [2.75, 3.05) is 6.26 Å². The number of rotatable bonds is 5. The number of pyridine rings is 1. The van der Waals surface area contributed by atoms with Crippen molar-refractivity contribution < 1.29 is 17.9 Å². The van der Waals surface area contributed by atoms with Gasteiger partial charge in [-0.15, -0.1) is 0 Å². The number of aromatic nitrogens is 3. The fourth-order valence-electron chi connectivity index (χ4n) is 3.23. The summed E-state index contributed by atoms with van der Waals surface area (Å²) in [5.74, 6) is 0.567. The maximum absolute atomic E-state index is 11.7. The molecule has 3 aromatic heterocycles.